The molecule has 2 amide bonds. The van der Waals surface area contributed by atoms with Gasteiger partial charge in [-0.2, -0.15) is 0 Å². The number of nitrogens with zero attached hydrogens (tertiary/aromatic N) is 1. The van der Waals surface area contributed by atoms with Gasteiger partial charge in [0.2, 0.25) is 0 Å². The lowest BCUT2D eigenvalue weighted by molar-refractivity contribution is -0.119. The van der Waals surface area contributed by atoms with Gasteiger partial charge in [-0.1, -0.05) is 30.3 Å². The lowest BCUT2D eigenvalue weighted by atomic mass is 9.91. The molecule has 0 aliphatic carbocycles. The summed E-state index contributed by atoms with van der Waals surface area (Å²) in [6.07, 6.45) is -1.46. The van der Waals surface area contributed by atoms with E-state index in [0.29, 0.717) is 13.1 Å². The number of rotatable bonds is 10. The number of ketones is 1. The largest absolute Gasteiger partial charge is 0.445 e. The molecule has 0 spiro atoms. The monoisotopic (exact) mass is 484 g/mol. The van der Waals surface area contributed by atoms with Crippen molar-refractivity contribution in [2.45, 2.75) is 45.4 Å². The summed E-state index contributed by atoms with van der Waals surface area (Å²) in [5.74, 6) is -0.556. The van der Waals surface area contributed by atoms with Crippen molar-refractivity contribution in [2.75, 3.05) is 33.5 Å². The minimum atomic E-state index is -3.61. The Morgan fingerprint density at radius 1 is 1.12 bits per heavy atom. The molecule has 1 atom stereocenters. The van der Waals surface area contributed by atoms with Crippen LogP contribution in [-0.4, -0.2) is 68.0 Å². The van der Waals surface area contributed by atoms with E-state index in [2.05, 4.69) is 5.32 Å². The Balaban J connectivity index is 1.97. The summed E-state index contributed by atoms with van der Waals surface area (Å²) in [6.45, 7) is 6.15. The van der Waals surface area contributed by atoms with Crippen molar-refractivity contribution < 1.29 is 37.5 Å². The van der Waals surface area contributed by atoms with Crippen molar-refractivity contribution in [2.24, 2.45) is 5.92 Å². The van der Waals surface area contributed by atoms with Gasteiger partial charge >= 0.3 is 19.8 Å². The van der Waals surface area contributed by atoms with Crippen LogP contribution in [-0.2, 0) is 34.5 Å². The van der Waals surface area contributed by atoms with Gasteiger partial charge in [-0.3, -0.25) is 9.36 Å². The van der Waals surface area contributed by atoms with Crippen molar-refractivity contribution >= 4 is 25.6 Å². The van der Waals surface area contributed by atoms with Gasteiger partial charge < -0.3 is 28.7 Å². The first kappa shape index (κ1) is 26.8. The molecular formula is C22H33N2O8P. The third kappa shape index (κ3) is 8.79. The molecule has 1 aliphatic rings. The van der Waals surface area contributed by atoms with Gasteiger partial charge in [0, 0.05) is 27.3 Å². The molecule has 33 heavy (non-hydrogen) atoms. The number of carbonyl (C=O) groups excluding carboxylic acids is 3. The molecular weight excluding hydrogens is 451 g/mol. The van der Waals surface area contributed by atoms with E-state index in [1.54, 1.807) is 20.8 Å². The van der Waals surface area contributed by atoms with E-state index >= 15 is 0 Å². The highest BCUT2D eigenvalue weighted by Gasteiger charge is 2.38. The number of benzene rings is 1. The van der Waals surface area contributed by atoms with E-state index in [4.69, 9.17) is 18.5 Å². The standard InChI is InChI=1S/C22H33N2O8P/c1-22(2,3)32-21(27)24-12-17(13-24)11-18(19(25)15-33(28,29-4)30-5)23-20(26)31-14-16-9-7-6-8-10-16/h6-10,17-18H,11-15H2,1-5H3,(H,23,26)/t18-/m0/s1. The van der Waals surface area contributed by atoms with E-state index in [1.165, 1.54) is 19.1 Å². The second kappa shape index (κ2) is 11.6. The smallest absolute Gasteiger partial charge is 0.410 e. The number of Topliss-reactive ketones (excluding diaryl/α,β-unsaturated/α-hetero) is 1. The van der Waals surface area contributed by atoms with Gasteiger partial charge in [0.05, 0.1) is 6.04 Å². The van der Waals surface area contributed by atoms with Crippen LogP contribution in [0.4, 0.5) is 9.59 Å². The molecule has 1 saturated heterocycles. The molecule has 1 fully saturated rings. The van der Waals surface area contributed by atoms with Crippen LogP contribution >= 0.6 is 7.60 Å². The third-order valence-corrected chi connectivity index (χ3v) is 6.79. The summed E-state index contributed by atoms with van der Waals surface area (Å²) < 4.78 is 32.7. The Bertz CT molecular complexity index is 857. The first-order valence-corrected chi connectivity index (χ1v) is 12.4. The summed E-state index contributed by atoms with van der Waals surface area (Å²) >= 11 is 0. The molecule has 1 N–H and O–H groups in total. The summed E-state index contributed by atoms with van der Waals surface area (Å²) in [7, 11) is -1.22. The van der Waals surface area contributed by atoms with Crippen molar-refractivity contribution in [1.82, 2.24) is 10.2 Å². The maximum Gasteiger partial charge on any atom is 0.410 e. The molecule has 0 radical (unpaired) electrons. The van der Waals surface area contributed by atoms with Crippen LogP contribution in [0.2, 0.25) is 0 Å². The molecule has 1 aromatic rings. The zero-order valence-electron chi connectivity index (χ0n) is 19.7. The van der Waals surface area contributed by atoms with Crippen LogP contribution in [0.1, 0.15) is 32.8 Å². The molecule has 1 aromatic carbocycles. The molecule has 1 heterocycles. The number of nitrogens with one attached hydrogen (secondary N) is 1. The topological polar surface area (TPSA) is 120 Å². The van der Waals surface area contributed by atoms with Crippen LogP contribution < -0.4 is 5.32 Å². The summed E-state index contributed by atoms with van der Waals surface area (Å²) in [5, 5.41) is 2.56. The van der Waals surface area contributed by atoms with Gasteiger partial charge in [-0.05, 0) is 38.7 Å². The highest BCUT2D eigenvalue weighted by molar-refractivity contribution is 7.54. The molecule has 1 aliphatic heterocycles. The third-order valence-electron chi connectivity index (χ3n) is 4.98. The maximum atomic E-state index is 12.9. The van der Waals surface area contributed by atoms with E-state index in [-0.39, 0.29) is 18.9 Å². The second-order valence-electron chi connectivity index (χ2n) is 8.85. The number of amides is 2. The van der Waals surface area contributed by atoms with Gasteiger partial charge in [0.1, 0.15) is 18.4 Å². The van der Waals surface area contributed by atoms with E-state index in [1.807, 2.05) is 30.3 Å². The van der Waals surface area contributed by atoms with E-state index in [0.717, 1.165) is 5.56 Å². The fraction of sp³-hybridized carbons (Fsp3) is 0.591. The van der Waals surface area contributed by atoms with Crippen LogP contribution in [0, 0.1) is 5.92 Å². The average Bonchev–Trinajstić information content (AvgIpc) is 2.72. The fourth-order valence-electron chi connectivity index (χ4n) is 3.21. The zero-order chi connectivity index (χ0) is 24.6. The highest BCUT2D eigenvalue weighted by Crippen LogP contribution is 2.46. The minimum Gasteiger partial charge on any atom is -0.445 e. The summed E-state index contributed by atoms with van der Waals surface area (Å²) in [4.78, 5) is 38.9. The molecule has 0 saturated carbocycles. The van der Waals surface area contributed by atoms with Gasteiger partial charge in [0.25, 0.3) is 0 Å². The Morgan fingerprint density at radius 2 is 1.73 bits per heavy atom. The number of hydrogen-bond acceptors (Lipinski definition) is 8. The van der Waals surface area contributed by atoms with Crippen molar-refractivity contribution in [3.63, 3.8) is 0 Å². The maximum absolute atomic E-state index is 12.9. The average molecular weight is 484 g/mol. The first-order chi connectivity index (χ1) is 15.4. The van der Waals surface area contributed by atoms with Crippen molar-refractivity contribution in [3.05, 3.63) is 35.9 Å². The molecule has 0 aromatic heterocycles. The number of alkyl carbamates (subject to hydrolysis) is 1. The minimum absolute atomic E-state index is 0.0398. The molecule has 0 unspecified atom stereocenters. The quantitative estimate of drug-likeness (QED) is 0.500. The van der Waals surface area contributed by atoms with Crippen molar-refractivity contribution in [1.29, 1.82) is 0 Å². The molecule has 10 nitrogen and oxygen atoms in total. The fourth-order valence-corrected chi connectivity index (χ4v) is 4.22. The van der Waals surface area contributed by atoms with Crippen molar-refractivity contribution in [3.8, 4) is 0 Å². The molecule has 0 bridgehead atoms. The molecule has 11 heteroatoms. The van der Waals surface area contributed by atoms with Gasteiger partial charge in [-0.15, -0.1) is 0 Å². The second-order valence-corrected chi connectivity index (χ2v) is 11.1. The number of ether oxygens (including phenoxy) is 2. The number of hydrogen-bond donors (Lipinski definition) is 1. The number of carbonyl (C=O) groups is 3. The lowest BCUT2D eigenvalue weighted by Crippen LogP contribution is -2.54. The van der Waals surface area contributed by atoms with E-state index < -0.39 is 43.4 Å². The highest BCUT2D eigenvalue weighted by atomic mass is 31.2. The normalized spacial score (nSPS) is 15.4. The van der Waals surface area contributed by atoms with Crippen LogP contribution in [0.15, 0.2) is 30.3 Å². The first-order valence-electron chi connectivity index (χ1n) is 10.6. The molecule has 2 rings (SSSR count). The van der Waals surface area contributed by atoms with Crippen LogP contribution in [0.25, 0.3) is 0 Å². The zero-order valence-corrected chi connectivity index (χ0v) is 20.6. The number of likely N-dealkylation sites (tertiary alicyclic amines) is 1. The van der Waals surface area contributed by atoms with Gasteiger partial charge in [-0.25, -0.2) is 9.59 Å². The molecule has 184 valence electrons. The lowest BCUT2D eigenvalue weighted by Gasteiger charge is -2.41. The van der Waals surface area contributed by atoms with Crippen LogP contribution in [0.5, 0.6) is 0 Å². The predicted octanol–water partition coefficient (Wildman–Crippen LogP) is 3.59. The Morgan fingerprint density at radius 3 is 2.27 bits per heavy atom. The van der Waals surface area contributed by atoms with Gasteiger partial charge in [0.15, 0.2) is 5.78 Å². The van der Waals surface area contributed by atoms with E-state index in [9.17, 15) is 18.9 Å². The Hall–Kier alpha value is -2.42. The summed E-state index contributed by atoms with van der Waals surface area (Å²) in [6, 6.07) is 8.14. The summed E-state index contributed by atoms with van der Waals surface area (Å²) in [5.41, 5.74) is 0.192. The van der Waals surface area contributed by atoms with Crippen LogP contribution in [0.3, 0.4) is 0 Å². The predicted molar refractivity (Wildman–Crippen MR) is 121 cm³/mol. The Labute approximate surface area is 194 Å². The Kier molecular flexibility index (Phi) is 9.46. The SMILES string of the molecule is COP(=O)(CC(=O)[C@H](CC1CN(C(=O)OC(C)(C)C)C1)NC(=O)OCc1ccccc1)OC.